The van der Waals surface area contributed by atoms with Crippen molar-refractivity contribution in [2.45, 2.75) is 32.3 Å². The molecule has 0 spiro atoms. The van der Waals surface area contributed by atoms with Crippen LogP contribution in [0, 0.1) is 0 Å². The predicted molar refractivity (Wildman–Crippen MR) is 231 cm³/mol. The third kappa shape index (κ3) is 15.6. The average Bonchev–Trinajstić information content (AvgIpc) is 3.53. The molecular formula is C43H61N9O11. The Morgan fingerprint density at radius 2 is 0.825 bits per heavy atom. The molecule has 344 valence electrons. The van der Waals surface area contributed by atoms with E-state index in [0.717, 1.165) is 56.6 Å². The van der Waals surface area contributed by atoms with Gasteiger partial charge in [0, 0.05) is 68.3 Å². The maximum atomic E-state index is 13.0. The molecule has 0 heterocycles. The van der Waals surface area contributed by atoms with Crippen LogP contribution in [-0.2, 0) is 43.0 Å². The number of nitrogens with one attached hydrogen (secondary N) is 2. The molecule has 0 radical (unpaired) electrons. The molecule has 0 saturated carbocycles. The van der Waals surface area contributed by atoms with Gasteiger partial charge in [-0.2, -0.15) is 0 Å². The Hall–Kier alpha value is -6.73. The number of hydrogen-bond acceptors (Lipinski definition) is 11. The van der Waals surface area contributed by atoms with E-state index in [-0.39, 0.29) is 51.8 Å². The van der Waals surface area contributed by atoms with Gasteiger partial charge in [0.05, 0.1) is 39.3 Å². The number of alkyl carbamates (subject to hydrolysis) is 1. The Morgan fingerprint density at radius 1 is 0.492 bits per heavy atom. The Labute approximate surface area is 368 Å². The van der Waals surface area contributed by atoms with E-state index in [9.17, 15) is 43.2 Å². The van der Waals surface area contributed by atoms with Crippen molar-refractivity contribution in [2.24, 2.45) is 0 Å². The number of hydrogen-bond donors (Lipinski definition) is 2. The minimum absolute atomic E-state index is 0.0800. The van der Waals surface area contributed by atoms with Gasteiger partial charge in [-0.1, -0.05) is 48.5 Å². The Bertz CT molecular complexity index is 1980. The molecule has 20 heteroatoms. The molecule has 0 atom stereocenters. The summed E-state index contributed by atoms with van der Waals surface area (Å²) in [7, 11) is 9.66. The first-order chi connectivity index (χ1) is 29.5. The number of likely N-dealkylation sites (N-methyl/N-ethyl adjacent to an activating group) is 7. The summed E-state index contributed by atoms with van der Waals surface area (Å²) in [5.74, 6) is -4.03. The fourth-order valence-corrected chi connectivity index (χ4v) is 6.19. The zero-order valence-electron chi connectivity index (χ0n) is 37.9. The fraction of sp³-hybridized carbons (Fsp3) is 0.512. The fourth-order valence-electron chi connectivity index (χ4n) is 6.19. The van der Waals surface area contributed by atoms with Crippen molar-refractivity contribution in [3.8, 4) is 11.1 Å². The summed E-state index contributed by atoms with van der Waals surface area (Å²) in [6.07, 6.45) is -1.33. The highest BCUT2D eigenvalue weighted by atomic mass is 16.6. The molecule has 3 rings (SSSR count). The zero-order chi connectivity index (χ0) is 47.2. The summed E-state index contributed by atoms with van der Waals surface area (Å²) >= 11 is 0. The third-order valence-electron chi connectivity index (χ3n) is 9.93. The minimum atomic E-state index is -0.700. The van der Waals surface area contributed by atoms with Gasteiger partial charge in [-0.25, -0.2) is 9.59 Å². The molecule has 63 heavy (non-hydrogen) atoms. The molecule has 2 aromatic rings. The summed E-state index contributed by atoms with van der Waals surface area (Å²) < 4.78 is 10.7. The number of rotatable bonds is 19. The SMILES string of the molecule is CN(CC(=O)NCCNC(=O)OC(C)(C)C)C(=O)CN(C)C(=O)CN(C)C(=O)CN(C)C(=O)CN(C)C(=O)CN(C)C(=O)CN(C)C(=O)OCC1c2ccccc2-c2ccccc21. The van der Waals surface area contributed by atoms with Crippen LogP contribution in [0.25, 0.3) is 11.1 Å². The quantitative estimate of drug-likeness (QED) is 0.183. The Balaban J connectivity index is 1.35. The first-order valence-electron chi connectivity index (χ1n) is 20.2. The molecular weight excluding hydrogens is 819 g/mol. The molecule has 0 unspecified atom stereocenters. The summed E-state index contributed by atoms with van der Waals surface area (Å²) in [5.41, 5.74) is 3.61. The predicted octanol–water partition coefficient (Wildman–Crippen LogP) is 0.259. The van der Waals surface area contributed by atoms with Crippen LogP contribution in [0.5, 0.6) is 0 Å². The van der Waals surface area contributed by atoms with E-state index in [2.05, 4.69) is 10.6 Å². The summed E-state index contributed by atoms with van der Waals surface area (Å²) in [5, 5.41) is 5.07. The molecule has 0 bridgehead atoms. The Kier molecular flexibility index (Phi) is 18.4. The van der Waals surface area contributed by atoms with Crippen molar-refractivity contribution in [3.05, 3.63) is 59.7 Å². The number of ether oxygens (including phenoxy) is 2. The molecule has 2 aromatic carbocycles. The van der Waals surface area contributed by atoms with Crippen LogP contribution in [0.4, 0.5) is 9.59 Å². The van der Waals surface area contributed by atoms with Gasteiger partial charge in [-0.3, -0.25) is 33.6 Å². The Morgan fingerprint density at radius 3 is 1.21 bits per heavy atom. The van der Waals surface area contributed by atoms with Crippen LogP contribution in [0.1, 0.15) is 37.8 Å². The van der Waals surface area contributed by atoms with Crippen molar-refractivity contribution in [1.82, 2.24) is 44.9 Å². The minimum Gasteiger partial charge on any atom is -0.448 e. The van der Waals surface area contributed by atoms with Crippen molar-refractivity contribution >= 4 is 53.5 Å². The maximum absolute atomic E-state index is 13.0. The number of carbonyl (C=O) groups excluding carboxylic acids is 9. The average molecular weight is 880 g/mol. The van der Waals surface area contributed by atoms with Crippen molar-refractivity contribution in [1.29, 1.82) is 0 Å². The molecule has 9 amide bonds. The second-order valence-electron chi connectivity index (χ2n) is 16.4. The van der Waals surface area contributed by atoms with Crippen LogP contribution >= 0.6 is 0 Å². The lowest BCUT2D eigenvalue weighted by atomic mass is 9.98. The normalized spacial score (nSPS) is 11.5. The summed E-state index contributed by atoms with van der Waals surface area (Å²) in [6.45, 7) is 2.80. The first-order valence-corrected chi connectivity index (χ1v) is 20.2. The lowest BCUT2D eigenvalue weighted by molar-refractivity contribution is -0.145. The van der Waals surface area contributed by atoms with Crippen molar-refractivity contribution in [2.75, 3.05) is 115 Å². The third-order valence-corrected chi connectivity index (χ3v) is 9.93. The topological polar surface area (TPSA) is 219 Å². The van der Waals surface area contributed by atoms with Gasteiger partial charge in [0.15, 0.2) is 0 Å². The highest BCUT2D eigenvalue weighted by molar-refractivity contribution is 5.92. The number of fused-ring (bicyclic) bond motifs is 3. The number of amides is 9. The largest absolute Gasteiger partial charge is 0.448 e. The van der Waals surface area contributed by atoms with E-state index in [0.29, 0.717) is 0 Å². The smallest absolute Gasteiger partial charge is 0.409 e. The van der Waals surface area contributed by atoms with E-state index in [1.807, 2.05) is 48.5 Å². The number of carbonyl (C=O) groups is 9. The highest BCUT2D eigenvalue weighted by Crippen LogP contribution is 2.44. The van der Waals surface area contributed by atoms with E-state index < -0.39 is 78.8 Å². The van der Waals surface area contributed by atoms with Gasteiger partial charge < -0.3 is 54.4 Å². The van der Waals surface area contributed by atoms with Crippen LogP contribution in [0.3, 0.4) is 0 Å². The lowest BCUT2D eigenvalue weighted by Crippen LogP contribution is -2.49. The van der Waals surface area contributed by atoms with E-state index in [1.165, 1.54) is 49.3 Å². The summed E-state index contributed by atoms with van der Waals surface area (Å²) in [6, 6.07) is 15.8. The van der Waals surface area contributed by atoms with Crippen molar-refractivity contribution < 1.29 is 52.6 Å². The lowest BCUT2D eigenvalue weighted by Gasteiger charge is -2.27. The second-order valence-corrected chi connectivity index (χ2v) is 16.4. The van der Waals surface area contributed by atoms with Crippen LogP contribution in [-0.4, -0.2) is 208 Å². The van der Waals surface area contributed by atoms with E-state index >= 15 is 0 Å². The standard InChI is InChI=1S/C43H61N9O11/c1-43(2,3)63-41(60)45-20-19-44-34(53)21-46(4)35(54)22-47(5)36(55)23-48(6)37(56)24-49(7)38(57)25-50(8)39(58)26-51(9)40(59)27-52(10)42(61)62-28-33-31-17-13-11-15-29(31)30-16-12-14-18-32(30)33/h11-18,33H,19-28H2,1-10H3,(H,44,53)(H,45,60). The first kappa shape index (κ1) is 50.6. The van der Waals surface area contributed by atoms with E-state index in [4.69, 9.17) is 9.47 Å². The highest BCUT2D eigenvalue weighted by Gasteiger charge is 2.30. The molecule has 0 saturated heterocycles. The van der Waals surface area contributed by atoms with Crippen molar-refractivity contribution in [3.63, 3.8) is 0 Å². The van der Waals surface area contributed by atoms with Crippen LogP contribution in [0.2, 0.25) is 0 Å². The second kappa shape index (κ2) is 22.9. The number of benzene rings is 2. The van der Waals surface area contributed by atoms with Gasteiger partial charge in [-0.05, 0) is 43.0 Å². The van der Waals surface area contributed by atoms with Gasteiger partial charge in [0.25, 0.3) is 0 Å². The van der Waals surface area contributed by atoms with Gasteiger partial charge in [-0.15, -0.1) is 0 Å². The molecule has 0 aromatic heterocycles. The molecule has 1 aliphatic carbocycles. The van der Waals surface area contributed by atoms with Crippen LogP contribution < -0.4 is 10.6 Å². The van der Waals surface area contributed by atoms with Gasteiger partial charge in [0.2, 0.25) is 41.4 Å². The zero-order valence-corrected chi connectivity index (χ0v) is 37.9. The molecule has 2 N–H and O–H groups in total. The van der Waals surface area contributed by atoms with Gasteiger partial charge in [0.1, 0.15) is 18.8 Å². The molecule has 1 aliphatic rings. The number of nitrogens with zero attached hydrogens (tertiary/aromatic N) is 7. The summed E-state index contributed by atoms with van der Waals surface area (Å²) in [4.78, 5) is 122. The molecule has 20 nitrogen and oxygen atoms in total. The van der Waals surface area contributed by atoms with Gasteiger partial charge >= 0.3 is 12.2 Å². The van der Waals surface area contributed by atoms with E-state index in [1.54, 1.807) is 20.8 Å². The van der Waals surface area contributed by atoms with Crippen LogP contribution in [0.15, 0.2) is 48.5 Å². The maximum Gasteiger partial charge on any atom is 0.409 e. The molecule has 0 aliphatic heterocycles. The monoisotopic (exact) mass is 879 g/mol. The molecule has 0 fully saturated rings.